The largest absolute Gasteiger partial charge is 0.383 e. The minimum atomic E-state index is 0.117. The van der Waals surface area contributed by atoms with Crippen LogP contribution < -0.4 is 5.32 Å². The van der Waals surface area contributed by atoms with E-state index in [0.717, 1.165) is 44.2 Å². The minimum absolute atomic E-state index is 0.117. The lowest BCUT2D eigenvalue weighted by atomic mass is 10.1. The second kappa shape index (κ2) is 8.35. The van der Waals surface area contributed by atoms with Gasteiger partial charge in [0.25, 0.3) is 0 Å². The van der Waals surface area contributed by atoms with E-state index in [-0.39, 0.29) is 5.54 Å². The second-order valence-electron chi connectivity index (χ2n) is 6.09. The van der Waals surface area contributed by atoms with Crippen molar-refractivity contribution < 1.29 is 4.74 Å². The first-order valence-corrected chi connectivity index (χ1v) is 7.35. The van der Waals surface area contributed by atoms with Crippen LogP contribution in [0.5, 0.6) is 0 Å². The second-order valence-corrected chi connectivity index (χ2v) is 6.09. The summed E-state index contributed by atoms with van der Waals surface area (Å²) in [5, 5.41) is 3.47. The molecule has 4 heteroatoms. The van der Waals surface area contributed by atoms with Gasteiger partial charge in [-0.3, -0.25) is 9.88 Å². The topological polar surface area (TPSA) is 37.4 Å². The van der Waals surface area contributed by atoms with Gasteiger partial charge in [-0.25, -0.2) is 0 Å². The molecule has 0 spiro atoms. The number of nitrogens with one attached hydrogen (secondary N) is 1. The van der Waals surface area contributed by atoms with Gasteiger partial charge in [-0.15, -0.1) is 0 Å². The molecule has 4 nitrogen and oxygen atoms in total. The molecular formula is C16H29N3O. The predicted octanol–water partition coefficient (Wildman–Crippen LogP) is 2.44. The highest BCUT2D eigenvalue weighted by molar-refractivity contribution is 5.11. The van der Waals surface area contributed by atoms with Crippen LogP contribution in [0, 0.1) is 0 Å². The molecule has 20 heavy (non-hydrogen) atoms. The Morgan fingerprint density at radius 3 is 2.55 bits per heavy atom. The van der Waals surface area contributed by atoms with Crippen molar-refractivity contribution in [3.63, 3.8) is 0 Å². The number of rotatable bonds is 8. The summed E-state index contributed by atoms with van der Waals surface area (Å²) in [5.41, 5.74) is 2.34. The molecule has 1 aromatic heterocycles. The third-order valence-electron chi connectivity index (χ3n) is 3.11. The summed E-state index contributed by atoms with van der Waals surface area (Å²) in [6.07, 6.45) is 0. The fourth-order valence-corrected chi connectivity index (χ4v) is 1.87. The van der Waals surface area contributed by atoms with Crippen molar-refractivity contribution in [1.29, 1.82) is 0 Å². The Bertz CT molecular complexity index is 388. The molecule has 0 aromatic carbocycles. The normalized spacial score (nSPS) is 12.1. The summed E-state index contributed by atoms with van der Waals surface area (Å²) in [7, 11) is 1.74. The molecule has 0 radical (unpaired) electrons. The third-order valence-corrected chi connectivity index (χ3v) is 3.11. The van der Waals surface area contributed by atoms with Crippen molar-refractivity contribution in [2.75, 3.05) is 26.8 Å². The average molecular weight is 279 g/mol. The molecule has 114 valence electrons. The van der Waals surface area contributed by atoms with Crippen LogP contribution in [0.2, 0.25) is 0 Å². The molecule has 1 heterocycles. The van der Waals surface area contributed by atoms with Crippen LogP contribution in [0.3, 0.4) is 0 Å². The van der Waals surface area contributed by atoms with Gasteiger partial charge in [0.2, 0.25) is 0 Å². The van der Waals surface area contributed by atoms with Gasteiger partial charge in [-0.1, -0.05) is 13.0 Å². The van der Waals surface area contributed by atoms with E-state index in [2.05, 4.69) is 56.1 Å². The molecule has 0 aliphatic carbocycles. The van der Waals surface area contributed by atoms with Crippen molar-refractivity contribution >= 4 is 0 Å². The van der Waals surface area contributed by atoms with E-state index in [1.165, 1.54) is 0 Å². The SMILES string of the molecule is CCN(CCOC)Cc1cccc(CNC(C)(C)C)n1. The van der Waals surface area contributed by atoms with E-state index in [1.807, 2.05) is 0 Å². The number of hydrogen-bond donors (Lipinski definition) is 1. The Morgan fingerprint density at radius 2 is 1.95 bits per heavy atom. The molecule has 0 amide bonds. The molecule has 0 fully saturated rings. The Kier molecular flexibility index (Phi) is 7.13. The molecule has 1 aromatic rings. The maximum Gasteiger partial charge on any atom is 0.0589 e. The van der Waals surface area contributed by atoms with Gasteiger partial charge in [0, 0.05) is 32.3 Å². The predicted molar refractivity (Wildman–Crippen MR) is 83.7 cm³/mol. The maximum atomic E-state index is 5.14. The lowest BCUT2D eigenvalue weighted by Crippen LogP contribution is -2.35. The van der Waals surface area contributed by atoms with Crippen LogP contribution in [0.15, 0.2) is 18.2 Å². The summed E-state index contributed by atoms with van der Waals surface area (Å²) in [6, 6.07) is 6.26. The monoisotopic (exact) mass is 279 g/mol. The average Bonchev–Trinajstić information content (AvgIpc) is 2.41. The number of hydrogen-bond acceptors (Lipinski definition) is 4. The Morgan fingerprint density at radius 1 is 1.25 bits per heavy atom. The van der Waals surface area contributed by atoms with Gasteiger partial charge in [0.05, 0.1) is 18.0 Å². The van der Waals surface area contributed by atoms with Crippen LogP contribution >= 0.6 is 0 Å². The standard InChI is InChI=1S/C16H29N3O/c1-6-19(10-11-20-5)13-15-9-7-8-14(18-15)12-17-16(2,3)4/h7-9,17H,6,10-13H2,1-5H3. The molecule has 0 aliphatic rings. The van der Waals surface area contributed by atoms with Gasteiger partial charge in [0.1, 0.15) is 0 Å². The van der Waals surface area contributed by atoms with Crippen molar-refractivity contribution in [1.82, 2.24) is 15.2 Å². The molecule has 0 saturated carbocycles. The van der Waals surface area contributed by atoms with Gasteiger partial charge < -0.3 is 10.1 Å². The van der Waals surface area contributed by atoms with Crippen LogP contribution in [-0.4, -0.2) is 42.2 Å². The number of pyridine rings is 1. The Balaban J connectivity index is 2.58. The van der Waals surface area contributed by atoms with Crippen LogP contribution in [0.25, 0.3) is 0 Å². The lowest BCUT2D eigenvalue weighted by Gasteiger charge is -2.21. The van der Waals surface area contributed by atoms with Crippen molar-refractivity contribution in [2.45, 2.75) is 46.3 Å². The maximum absolute atomic E-state index is 5.14. The molecule has 1 rings (SSSR count). The highest BCUT2D eigenvalue weighted by Crippen LogP contribution is 2.06. The van der Waals surface area contributed by atoms with E-state index in [0.29, 0.717) is 0 Å². The zero-order chi connectivity index (χ0) is 15.0. The smallest absolute Gasteiger partial charge is 0.0589 e. The highest BCUT2D eigenvalue weighted by atomic mass is 16.5. The van der Waals surface area contributed by atoms with Gasteiger partial charge in [-0.2, -0.15) is 0 Å². The summed E-state index contributed by atoms with van der Waals surface area (Å²) < 4.78 is 5.14. The summed E-state index contributed by atoms with van der Waals surface area (Å²) in [6.45, 7) is 13.1. The fourth-order valence-electron chi connectivity index (χ4n) is 1.87. The van der Waals surface area contributed by atoms with Crippen LogP contribution in [-0.2, 0) is 17.8 Å². The Hall–Kier alpha value is -0.970. The zero-order valence-corrected chi connectivity index (χ0v) is 13.6. The number of aromatic nitrogens is 1. The zero-order valence-electron chi connectivity index (χ0n) is 13.6. The summed E-state index contributed by atoms with van der Waals surface area (Å²) >= 11 is 0. The number of nitrogens with zero attached hydrogens (tertiary/aromatic N) is 2. The summed E-state index contributed by atoms with van der Waals surface area (Å²) in [4.78, 5) is 7.07. The number of methoxy groups -OCH3 is 1. The summed E-state index contributed by atoms with van der Waals surface area (Å²) in [5.74, 6) is 0. The van der Waals surface area contributed by atoms with Crippen molar-refractivity contribution in [2.24, 2.45) is 0 Å². The molecule has 1 N–H and O–H groups in total. The van der Waals surface area contributed by atoms with E-state index in [9.17, 15) is 0 Å². The van der Waals surface area contributed by atoms with E-state index < -0.39 is 0 Å². The van der Waals surface area contributed by atoms with E-state index in [1.54, 1.807) is 7.11 Å². The van der Waals surface area contributed by atoms with E-state index >= 15 is 0 Å². The van der Waals surface area contributed by atoms with Gasteiger partial charge in [0.15, 0.2) is 0 Å². The first kappa shape index (κ1) is 17.1. The van der Waals surface area contributed by atoms with Gasteiger partial charge in [-0.05, 0) is 39.4 Å². The number of likely N-dealkylation sites (N-methyl/N-ethyl adjacent to an activating group) is 1. The molecular weight excluding hydrogens is 250 g/mol. The van der Waals surface area contributed by atoms with E-state index in [4.69, 9.17) is 9.72 Å². The number of ether oxygens (including phenoxy) is 1. The Labute approximate surface area is 123 Å². The van der Waals surface area contributed by atoms with Gasteiger partial charge >= 0.3 is 0 Å². The van der Waals surface area contributed by atoms with Crippen molar-refractivity contribution in [3.05, 3.63) is 29.6 Å². The van der Waals surface area contributed by atoms with Crippen LogP contribution in [0.4, 0.5) is 0 Å². The fraction of sp³-hybridized carbons (Fsp3) is 0.688. The molecule has 0 bridgehead atoms. The first-order chi connectivity index (χ1) is 9.44. The molecule has 0 aliphatic heterocycles. The minimum Gasteiger partial charge on any atom is -0.383 e. The third kappa shape index (κ3) is 6.98. The quantitative estimate of drug-likeness (QED) is 0.793. The molecule has 0 saturated heterocycles. The highest BCUT2D eigenvalue weighted by Gasteiger charge is 2.10. The molecule has 0 unspecified atom stereocenters. The van der Waals surface area contributed by atoms with Crippen LogP contribution in [0.1, 0.15) is 39.1 Å². The van der Waals surface area contributed by atoms with Crippen molar-refractivity contribution in [3.8, 4) is 0 Å². The first-order valence-electron chi connectivity index (χ1n) is 7.35. The lowest BCUT2D eigenvalue weighted by molar-refractivity contribution is 0.146. The molecule has 0 atom stereocenters.